The highest BCUT2D eigenvalue weighted by Gasteiger charge is 2.17. The van der Waals surface area contributed by atoms with Gasteiger partial charge in [-0.25, -0.2) is 0 Å². The predicted molar refractivity (Wildman–Crippen MR) is 84.8 cm³/mol. The van der Waals surface area contributed by atoms with E-state index in [1.807, 2.05) is 0 Å². The minimum atomic E-state index is 0.869. The fraction of sp³-hybridized carbons (Fsp3) is 0.625. The summed E-state index contributed by atoms with van der Waals surface area (Å²) in [5.41, 5.74) is 1.39. The van der Waals surface area contributed by atoms with Crippen LogP contribution in [0.1, 0.15) is 25.3 Å². The number of likely N-dealkylation sites (tertiary alicyclic amines) is 1. The van der Waals surface area contributed by atoms with Crippen LogP contribution in [0.25, 0.3) is 0 Å². The Bertz CT molecular complexity index is 356. The second-order valence-electron chi connectivity index (χ2n) is 5.36. The van der Waals surface area contributed by atoms with Crippen LogP contribution >= 0.6 is 11.8 Å². The zero-order chi connectivity index (χ0) is 13.5. The Kier molecular flexibility index (Phi) is 6.21. The van der Waals surface area contributed by atoms with Crippen molar-refractivity contribution in [2.45, 2.75) is 31.2 Å². The molecule has 0 aliphatic carbocycles. The van der Waals surface area contributed by atoms with E-state index in [0.717, 1.165) is 12.5 Å². The van der Waals surface area contributed by atoms with Crippen LogP contribution in [0.4, 0.5) is 0 Å². The lowest BCUT2D eigenvalue weighted by Crippen LogP contribution is -2.36. The van der Waals surface area contributed by atoms with Gasteiger partial charge >= 0.3 is 0 Å². The van der Waals surface area contributed by atoms with Crippen LogP contribution < -0.4 is 5.32 Å². The number of nitrogens with one attached hydrogen (secondary N) is 1. The summed E-state index contributed by atoms with van der Waals surface area (Å²) in [6.45, 7) is 8.21. The molecule has 1 aliphatic rings. The standard InChI is InChI=1S/C16H26N2S/c1-3-18-10-8-15(9-11-18)13-17-12-14-4-6-16(19-2)7-5-14/h4-7,15,17H,3,8-13H2,1-2H3. The highest BCUT2D eigenvalue weighted by molar-refractivity contribution is 7.98. The van der Waals surface area contributed by atoms with Gasteiger partial charge in [-0.3, -0.25) is 0 Å². The molecule has 1 saturated heterocycles. The van der Waals surface area contributed by atoms with E-state index in [1.165, 1.54) is 49.5 Å². The Morgan fingerprint density at radius 2 is 1.89 bits per heavy atom. The number of nitrogens with zero attached hydrogens (tertiary/aromatic N) is 1. The van der Waals surface area contributed by atoms with Crippen LogP contribution in [-0.4, -0.2) is 37.3 Å². The van der Waals surface area contributed by atoms with Crippen molar-refractivity contribution < 1.29 is 0 Å². The maximum atomic E-state index is 3.62. The molecule has 1 fully saturated rings. The second kappa shape index (κ2) is 7.93. The van der Waals surface area contributed by atoms with Crippen LogP contribution in [0.3, 0.4) is 0 Å². The first-order chi connectivity index (χ1) is 9.31. The van der Waals surface area contributed by atoms with E-state index >= 15 is 0 Å². The first-order valence-electron chi connectivity index (χ1n) is 7.37. The number of benzene rings is 1. The molecule has 0 bridgehead atoms. The minimum Gasteiger partial charge on any atom is -0.312 e. The largest absolute Gasteiger partial charge is 0.312 e. The van der Waals surface area contributed by atoms with Gasteiger partial charge in [0.15, 0.2) is 0 Å². The summed E-state index contributed by atoms with van der Waals surface area (Å²) in [5, 5.41) is 3.62. The van der Waals surface area contributed by atoms with E-state index in [9.17, 15) is 0 Å². The molecule has 1 aliphatic heterocycles. The Morgan fingerprint density at radius 1 is 1.21 bits per heavy atom. The summed E-state index contributed by atoms with van der Waals surface area (Å²) in [7, 11) is 0. The van der Waals surface area contributed by atoms with Crippen molar-refractivity contribution in [3.05, 3.63) is 29.8 Å². The Hall–Kier alpha value is -0.510. The van der Waals surface area contributed by atoms with Crippen LogP contribution in [0, 0.1) is 5.92 Å². The molecule has 1 N–H and O–H groups in total. The summed E-state index contributed by atoms with van der Waals surface area (Å²) in [6, 6.07) is 8.89. The zero-order valence-electron chi connectivity index (χ0n) is 12.2. The molecule has 1 aromatic rings. The van der Waals surface area contributed by atoms with Crippen LogP contribution in [0.5, 0.6) is 0 Å². The molecule has 2 rings (SSSR count). The second-order valence-corrected chi connectivity index (χ2v) is 6.24. The number of hydrogen-bond acceptors (Lipinski definition) is 3. The Balaban J connectivity index is 1.66. The van der Waals surface area contributed by atoms with E-state index in [-0.39, 0.29) is 0 Å². The molecule has 0 saturated carbocycles. The summed E-state index contributed by atoms with van der Waals surface area (Å²) in [6.07, 6.45) is 4.83. The van der Waals surface area contributed by atoms with Gasteiger partial charge in [0, 0.05) is 11.4 Å². The lowest BCUT2D eigenvalue weighted by Gasteiger charge is -2.31. The minimum absolute atomic E-state index is 0.869. The average molecular weight is 278 g/mol. The van der Waals surface area contributed by atoms with Gasteiger partial charge < -0.3 is 10.2 Å². The van der Waals surface area contributed by atoms with E-state index in [2.05, 4.69) is 47.7 Å². The summed E-state index contributed by atoms with van der Waals surface area (Å²) in [5.74, 6) is 0.869. The third-order valence-corrected chi connectivity index (χ3v) is 4.82. The van der Waals surface area contributed by atoms with Gasteiger partial charge in [-0.15, -0.1) is 11.8 Å². The normalized spacial score (nSPS) is 17.8. The van der Waals surface area contributed by atoms with E-state index in [1.54, 1.807) is 11.8 Å². The van der Waals surface area contributed by atoms with Gasteiger partial charge in [-0.05, 0) is 68.9 Å². The lowest BCUT2D eigenvalue weighted by atomic mass is 9.97. The molecule has 0 radical (unpaired) electrons. The molecule has 0 atom stereocenters. The maximum Gasteiger partial charge on any atom is 0.0205 e. The topological polar surface area (TPSA) is 15.3 Å². The monoisotopic (exact) mass is 278 g/mol. The molecule has 106 valence electrons. The molecule has 19 heavy (non-hydrogen) atoms. The number of hydrogen-bond donors (Lipinski definition) is 1. The van der Waals surface area contributed by atoms with Crippen molar-refractivity contribution in [3.63, 3.8) is 0 Å². The molecule has 1 aromatic carbocycles. The molecule has 0 amide bonds. The third kappa shape index (κ3) is 4.83. The predicted octanol–water partition coefficient (Wildman–Crippen LogP) is 3.23. The average Bonchev–Trinajstić information content (AvgIpc) is 2.49. The first-order valence-corrected chi connectivity index (χ1v) is 8.60. The quantitative estimate of drug-likeness (QED) is 0.804. The van der Waals surface area contributed by atoms with E-state index in [4.69, 9.17) is 0 Å². The third-order valence-electron chi connectivity index (χ3n) is 4.08. The van der Waals surface area contributed by atoms with Gasteiger partial charge in [0.05, 0.1) is 0 Å². The van der Waals surface area contributed by atoms with Crippen LogP contribution in [0.2, 0.25) is 0 Å². The molecule has 0 spiro atoms. The highest BCUT2D eigenvalue weighted by atomic mass is 32.2. The summed E-state index contributed by atoms with van der Waals surface area (Å²) < 4.78 is 0. The van der Waals surface area contributed by atoms with Crippen molar-refractivity contribution >= 4 is 11.8 Å². The molecule has 2 nitrogen and oxygen atoms in total. The molecular weight excluding hydrogens is 252 g/mol. The molecule has 0 unspecified atom stereocenters. The SMILES string of the molecule is CCN1CCC(CNCc2ccc(SC)cc2)CC1. The number of thioether (sulfide) groups is 1. The zero-order valence-corrected chi connectivity index (χ0v) is 13.0. The fourth-order valence-corrected chi connectivity index (χ4v) is 3.08. The fourth-order valence-electron chi connectivity index (χ4n) is 2.67. The molecular formula is C16H26N2S. The smallest absolute Gasteiger partial charge is 0.0205 e. The van der Waals surface area contributed by atoms with Gasteiger partial charge in [0.1, 0.15) is 0 Å². The van der Waals surface area contributed by atoms with Crippen LogP contribution in [-0.2, 0) is 6.54 Å². The van der Waals surface area contributed by atoms with Crippen molar-refractivity contribution in [2.75, 3.05) is 32.4 Å². The number of rotatable bonds is 6. The van der Waals surface area contributed by atoms with Crippen molar-refractivity contribution in [1.29, 1.82) is 0 Å². The van der Waals surface area contributed by atoms with Crippen molar-refractivity contribution in [2.24, 2.45) is 5.92 Å². The first kappa shape index (κ1) is 14.9. The Labute approximate surface area is 122 Å². The van der Waals surface area contributed by atoms with Gasteiger partial charge in [0.25, 0.3) is 0 Å². The van der Waals surface area contributed by atoms with E-state index in [0.29, 0.717) is 0 Å². The van der Waals surface area contributed by atoms with Gasteiger partial charge in [0.2, 0.25) is 0 Å². The van der Waals surface area contributed by atoms with Crippen LogP contribution in [0.15, 0.2) is 29.2 Å². The van der Waals surface area contributed by atoms with Gasteiger partial charge in [-0.2, -0.15) is 0 Å². The summed E-state index contributed by atoms with van der Waals surface area (Å²) >= 11 is 1.80. The maximum absolute atomic E-state index is 3.62. The highest BCUT2D eigenvalue weighted by Crippen LogP contribution is 2.17. The summed E-state index contributed by atoms with van der Waals surface area (Å²) in [4.78, 5) is 3.90. The molecule has 0 aromatic heterocycles. The molecule has 1 heterocycles. The van der Waals surface area contributed by atoms with Crippen molar-refractivity contribution in [1.82, 2.24) is 10.2 Å². The molecule has 3 heteroatoms. The lowest BCUT2D eigenvalue weighted by molar-refractivity contribution is 0.190. The van der Waals surface area contributed by atoms with Gasteiger partial charge in [-0.1, -0.05) is 19.1 Å². The van der Waals surface area contributed by atoms with Crippen molar-refractivity contribution in [3.8, 4) is 0 Å². The Morgan fingerprint density at radius 3 is 2.47 bits per heavy atom. The number of piperidine rings is 1. The van der Waals surface area contributed by atoms with E-state index < -0.39 is 0 Å².